The Morgan fingerprint density at radius 3 is 2.67 bits per heavy atom. The van der Waals surface area contributed by atoms with E-state index in [1.807, 2.05) is 6.07 Å². The molecule has 156 valence electrons. The van der Waals surface area contributed by atoms with E-state index in [0.717, 1.165) is 0 Å². The van der Waals surface area contributed by atoms with Gasteiger partial charge in [0.1, 0.15) is 5.75 Å². The minimum absolute atomic E-state index is 0.0587. The molecule has 0 aromatic heterocycles. The molecule has 2 amide bonds. The molecular formula is C21H19ClN2O6. The number of fused-ring (bicyclic) bond motifs is 2. The first kappa shape index (κ1) is 19.0. The number of nitrogens with zero attached hydrogens (tertiary/aromatic N) is 2. The molecule has 0 spiro atoms. The summed E-state index contributed by atoms with van der Waals surface area (Å²) in [6.45, 7) is 2.15. The van der Waals surface area contributed by atoms with Gasteiger partial charge in [-0.25, -0.2) is 0 Å². The van der Waals surface area contributed by atoms with Crippen molar-refractivity contribution in [2.24, 2.45) is 0 Å². The van der Waals surface area contributed by atoms with E-state index in [0.29, 0.717) is 59.8 Å². The molecule has 1 fully saturated rings. The summed E-state index contributed by atoms with van der Waals surface area (Å²) in [6, 6.07) is 10.3. The van der Waals surface area contributed by atoms with Crippen molar-refractivity contribution in [3.05, 3.63) is 47.0 Å². The first-order valence-corrected chi connectivity index (χ1v) is 10.0. The van der Waals surface area contributed by atoms with E-state index in [1.54, 1.807) is 40.1 Å². The minimum Gasteiger partial charge on any atom is -0.476 e. The van der Waals surface area contributed by atoms with Gasteiger partial charge in [0.25, 0.3) is 11.8 Å². The molecule has 30 heavy (non-hydrogen) atoms. The van der Waals surface area contributed by atoms with Gasteiger partial charge < -0.3 is 28.7 Å². The molecule has 5 rings (SSSR count). The second-order valence-electron chi connectivity index (χ2n) is 7.12. The van der Waals surface area contributed by atoms with E-state index in [4.69, 9.17) is 30.5 Å². The van der Waals surface area contributed by atoms with Crippen LogP contribution in [0.25, 0.3) is 0 Å². The molecule has 0 aliphatic carbocycles. The van der Waals surface area contributed by atoms with Crippen LogP contribution in [0, 0.1) is 0 Å². The fourth-order valence-corrected chi connectivity index (χ4v) is 4.05. The molecule has 2 aromatic carbocycles. The third-order valence-corrected chi connectivity index (χ3v) is 5.57. The van der Waals surface area contributed by atoms with Gasteiger partial charge in [-0.2, -0.15) is 0 Å². The maximum Gasteiger partial charge on any atom is 0.265 e. The van der Waals surface area contributed by atoms with Crippen LogP contribution in [-0.4, -0.2) is 62.5 Å². The number of carbonyl (C=O) groups excluding carboxylic acids is 2. The van der Waals surface area contributed by atoms with E-state index in [9.17, 15) is 9.59 Å². The number of ether oxygens (including phenoxy) is 4. The van der Waals surface area contributed by atoms with E-state index >= 15 is 0 Å². The average Bonchev–Trinajstić information content (AvgIpc) is 3.27. The second kappa shape index (κ2) is 7.70. The molecule has 0 N–H and O–H groups in total. The lowest BCUT2D eigenvalue weighted by molar-refractivity contribution is -0.142. The van der Waals surface area contributed by atoms with Crippen LogP contribution in [0.1, 0.15) is 10.4 Å². The Labute approximate surface area is 177 Å². The predicted octanol–water partition coefficient (Wildman–Crippen LogP) is 2.34. The number of para-hydroxylation sites is 2. The molecule has 9 heteroatoms. The van der Waals surface area contributed by atoms with Crippen molar-refractivity contribution in [2.75, 3.05) is 44.5 Å². The lowest BCUT2D eigenvalue weighted by Crippen LogP contribution is -2.54. The number of carbonyl (C=O) groups is 2. The number of amides is 2. The summed E-state index contributed by atoms with van der Waals surface area (Å²) < 4.78 is 22.0. The van der Waals surface area contributed by atoms with Gasteiger partial charge in [0.15, 0.2) is 17.6 Å². The van der Waals surface area contributed by atoms with Crippen molar-refractivity contribution >= 4 is 29.1 Å². The normalized spacial score (nSPS) is 19.8. The van der Waals surface area contributed by atoms with Crippen molar-refractivity contribution in [1.82, 2.24) is 4.90 Å². The highest BCUT2D eigenvalue weighted by Gasteiger charge is 2.37. The van der Waals surface area contributed by atoms with E-state index < -0.39 is 6.10 Å². The Morgan fingerprint density at radius 2 is 1.83 bits per heavy atom. The molecule has 0 unspecified atom stereocenters. The molecule has 3 aliphatic rings. The summed E-state index contributed by atoms with van der Waals surface area (Å²) in [4.78, 5) is 29.7. The third-order valence-electron chi connectivity index (χ3n) is 5.29. The molecule has 1 saturated heterocycles. The lowest BCUT2D eigenvalue weighted by atomic mass is 10.1. The average molecular weight is 431 g/mol. The van der Waals surface area contributed by atoms with Gasteiger partial charge >= 0.3 is 0 Å². The van der Waals surface area contributed by atoms with E-state index in [-0.39, 0.29) is 25.2 Å². The maximum atomic E-state index is 13.4. The van der Waals surface area contributed by atoms with Gasteiger partial charge in [-0.1, -0.05) is 23.7 Å². The summed E-state index contributed by atoms with van der Waals surface area (Å²) in [6.07, 6.45) is -0.800. The van der Waals surface area contributed by atoms with Gasteiger partial charge in [-0.05, 0) is 24.3 Å². The van der Waals surface area contributed by atoms with E-state index in [1.165, 1.54) is 0 Å². The van der Waals surface area contributed by atoms with Crippen molar-refractivity contribution in [1.29, 1.82) is 0 Å². The Hall–Kier alpha value is -2.97. The highest BCUT2D eigenvalue weighted by molar-refractivity contribution is 6.33. The lowest BCUT2D eigenvalue weighted by Gasteiger charge is -2.37. The molecule has 1 atom stereocenters. The second-order valence-corrected chi connectivity index (χ2v) is 7.53. The number of rotatable bonds is 2. The Balaban J connectivity index is 1.46. The predicted molar refractivity (Wildman–Crippen MR) is 108 cm³/mol. The zero-order valence-corrected chi connectivity index (χ0v) is 16.8. The van der Waals surface area contributed by atoms with Gasteiger partial charge in [-0.3, -0.25) is 9.59 Å². The van der Waals surface area contributed by atoms with Gasteiger partial charge in [-0.15, -0.1) is 0 Å². The summed E-state index contributed by atoms with van der Waals surface area (Å²) in [7, 11) is 0. The van der Waals surface area contributed by atoms with Crippen molar-refractivity contribution < 1.29 is 28.5 Å². The minimum atomic E-state index is -0.800. The van der Waals surface area contributed by atoms with Crippen molar-refractivity contribution in [3.63, 3.8) is 0 Å². The molecular weight excluding hydrogens is 412 g/mol. The first-order chi connectivity index (χ1) is 14.6. The van der Waals surface area contributed by atoms with Crippen LogP contribution >= 0.6 is 11.6 Å². The first-order valence-electron chi connectivity index (χ1n) is 9.65. The zero-order chi connectivity index (χ0) is 20.7. The molecule has 2 aromatic rings. The summed E-state index contributed by atoms with van der Waals surface area (Å²) in [5.74, 6) is 0.875. The van der Waals surface area contributed by atoms with Crippen LogP contribution in [0.5, 0.6) is 17.2 Å². The maximum absolute atomic E-state index is 13.4. The smallest absolute Gasteiger partial charge is 0.265 e. The molecule has 0 saturated carbocycles. The fraction of sp³-hybridized carbons (Fsp3) is 0.333. The number of morpholine rings is 1. The summed E-state index contributed by atoms with van der Waals surface area (Å²) in [5.41, 5.74) is 0.945. The fourth-order valence-electron chi connectivity index (χ4n) is 3.79. The molecule has 0 radical (unpaired) electrons. The number of anilines is 1. The van der Waals surface area contributed by atoms with E-state index in [2.05, 4.69) is 0 Å². The molecule has 3 aliphatic heterocycles. The number of halogens is 1. The largest absolute Gasteiger partial charge is 0.476 e. The summed E-state index contributed by atoms with van der Waals surface area (Å²) in [5, 5.41) is 0.302. The Bertz CT molecular complexity index is 1010. The van der Waals surface area contributed by atoms with Gasteiger partial charge in [0.2, 0.25) is 6.79 Å². The highest BCUT2D eigenvalue weighted by atomic mass is 35.5. The van der Waals surface area contributed by atoms with Crippen molar-refractivity contribution in [3.8, 4) is 17.2 Å². The Kier molecular flexibility index (Phi) is 4.88. The van der Waals surface area contributed by atoms with Crippen LogP contribution in [-0.2, 0) is 9.53 Å². The number of benzene rings is 2. The van der Waals surface area contributed by atoms with Gasteiger partial charge in [0, 0.05) is 18.7 Å². The Morgan fingerprint density at radius 1 is 1.03 bits per heavy atom. The topological polar surface area (TPSA) is 77.5 Å². The van der Waals surface area contributed by atoms with Crippen LogP contribution < -0.4 is 19.1 Å². The quantitative estimate of drug-likeness (QED) is 0.727. The number of hydrogen-bond donors (Lipinski definition) is 0. The zero-order valence-electron chi connectivity index (χ0n) is 16.0. The monoisotopic (exact) mass is 430 g/mol. The van der Waals surface area contributed by atoms with Crippen LogP contribution in [0.15, 0.2) is 36.4 Å². The third kappa shape index (κ3) is 3.32. The summed E-state index contributed by atoms with van der Waals surface area (Å²) >= 11 is 6.27. The number of hydrogen-bond acceptors (Lipinski definition) is 6. The van der Waals surface area contributed by atoms with Crippen LogP contribution in [0.3, 0.4) is 0 Å². The van der Waals surface area contributed by atoms with Crippen LogP contribution in [0.4, 0.5) is 5.69 Å². The SMILES string of the molecule is O=C([C@@H]1CN(C(=O)c2cc(Cl)c3c(c2)OCO3)c2ccccc2O1)N1CCOCC1. The standard InChI is InChI=1S/C21H19ClN2O6/c22-14-9-13(10-17-19(14)29-12-28-17)20(25)24-11-18(21(26)23-5-7-27-8-6-23)30-16-4-2-1-3-15(16)24/h1-4,9-10,18H,5-8,11-12H2/t18-/m0/s1. The molecule has 0 bridgehead atoms. The van der Waals surface area contributed by atoms with Crippen LogP contribution in [0.2, 0.25) is 5.02 Å². The van der Waals surface area contributed by atoms with Crippen molar-refractivity contribution in [2.45, 2.75) is 6.10 Å². The van der Waals surface area contributed by atoms with Gasteiger partial charge in [0.05, 0.1) is 30.5 Å². The molecule has 8 nitrogen and oxygen atoms in total. The molecule has 3 heterocycles. The highest BCUT2D eigenvalue weighted by Crippen LogP contribution is 2.41.